The van der Waals surface area contributed by atoms with Crippen molar-refractivity contribution < 1.29 is 25.2 Å². The molecule has 0 aromatic carbocycles. The maximum atomic E-state index is 9.71. The van der Waals surface area contributed by atoms with Gasteiger partial charge in [-0.25, -0.2) is 0 Å². The van der Waals surface area contributed by atoms with Gasteiger partial charge in [-0.05, 0) is 13.2 Å². The summed E-state index contributed by atoms with van der Waals surface area (Å²) in [4.78, 5) is 0. The maximum Gasteiger partial charge on any atom is 0.132 e. The van der Waals surface area contributed by atoms with E-state index in [4.69, 9.17) is 10.5 Å². The van der Waals surface area contributed by atoms with Gasteiger partial charge in [-0.1, -0.05) is 0 Å². The predicted octanol–water partition coefficient (Wildman–Crippen LogP) is -2.13. The van der Waals surface area contributed by atoms with Crippen molar-refractivity contribution in [2.24, 2.45) is 5.73 Å². The van der Waals surface area contributed by atoms with Crippen molar-refractivity contribution in [1.29, 1.82) is 0 Å². The Hall–Kier alpha value is 0.110. The molecule has 0 saturated carbocycles. The first-order chi connectivity index (χ1) is 7.40. The molecule has 0 radical (unpaired) electrons. The van der Waals surface area contributed by atoms with Crippen LogP contribution < -0.4 is 5.73 Å². The third-order valence-electron chi connectivity index (χ3n) is 2.78. The second-order valence-electron chi connectivity index (χ2n) is 3.99. The minimum atomic E-state index is -1.32. The van der Waals surface area contributed by atoms with Crippen LogP contribution in [0.25, 0.3) is 0 Å². The van der Waals surface area contributed by atoms with Gasteiger partial charge in [-0.2, -0.15) is 0 Å². The van der Waals surface area contributed by atoms with Gasteiger partial charge in [0.2, 0.25) is 0 Å². The Morgan fingerprint density at radius 3 is 2.19 bits per heavy atom. The monoisotopic (exact) mass is 253 g/mol. The van der Waals surface area contributed by atoms with Crippen LogP contribution in [-0.4, -0.2) is 68.7 Å². The van der Waals surface area contributed by atoms with Crippen LogP contribution in [-0.2, 0) is 4.74 Å². The molecular weight excluding hydrogens is 234 g/mol. The van der Waals surface area contributed by atoms with Crippen LogP contribution in [0, 0.1) is 0 Å². The number of hydrogen-bond donors (Lipinski definition) is 5. The highest BCUT2D eigenvalue weighted by molar-refractivity contribution is 7.99. The van der Waals surface area contributed by atoms with Gasteiger partial charge < -0.3 is 30.9 Å². The van der Waals surface area contributed by atoms with Crippen LogP contribution in [0.15, 0.2) is 0 Å². The molecule has 1 heterocycles. The Balaban J connectivity index is 2.78. The van der Waals surface area contributed by atoms with E-state index in [1.165, 1.54) is 18.7 Å². The first-order valence-electron chi connectivity index (χ1n) is 5.06. The molecule has 1 fully saturated rings. The predicted molar refractivity (Wildman–Crippen MR) is 59.9 cm³/mol. The first kappa shape index (κ1) is 14.2. The van der Waals surface area contributed by atoms with Crippen LogP contribution in [0.3, 0.4) is 0 Å². The molecule has 6 N–H and O–H groups in total. The number of thioether (sulfide) groups is 1. The average Bonchev–Trinajstić information content (AvgIpc) is 2.25. The molecule has 1 aliphatic heterocycles. The minimum absolute atomic E-state index is 0.659. The highest BCUT2D eigenvalue weighted by atomic mass is 32.2. The van der Waals surface area contributed by atoms with Crippen LogP contribution >= 0.6 is 11.8 Å². The van der Waals surface area contributed by atoms with E-state index in [0.717, 1.165) is 0 Å². The fraction of sp³-hybridized carbons (Fsp3) is 1.00. The Morgan fingerprint density at radius 2 is 1.75 bits per heavy atom. The number of nitrogens with two attached hydrogens (primary N) is 1. The molecule has 1 aliphatic rings. The van der Waals surface area contributed by atoms with E-state index in [-0.39, 0.29) is 0 Å². The van der Waals surface area contributed by atoms with Crippen molar-refractivity contribution >= 4 is 11.8 Å². The molecule has 7 atom stereocenters. The van der Waals surface area contributed by atoms with E-state index in [1.807, 2.05) is 0 Å². The molecule has 1 saturated heterocycles. The molecule has 0 aliphatic carbocycles. The summed E-state index contributed by atoms with van der Waals surface area (Å²) < 4.78 is 5.37. The Bertz CT molecular complexity index is 228. The topological polar surface area (TPSA) is 116 Å². The van der Waals surface area contributed by atoms with Crippen LogP contribution in [0.1, 0.15) is 6.92 Å². The summed E-state index contributed by atoms with van der Waals surface area (Å²) in [5.41, 5.74) is 5.01. The van der Waals surface area contributed by atoms with Gasteiger partial charge in [0.1, 0.15) is 29.9 Å². The molecule has 0 bridgehead atoms. The van der Waals surface area contributed by atoms with Gasteiger partial charge in [0.15, 0.2) is 0 Å². The minimum Gasteiger partial charge on any atom is -0.392 e. The second-order valence-corrected chi connectivity index (χ2v) is 4.93. The fourth-order valence-electron chi connectivity index (χ4n) is 1.66. The Kier molecular flexibility index (Phi) is 4.99. The molecular formula is C9H19NO5S. The Morgan fingerprint density at radius 1 is 1.19 bits per heavy atom. The summed E-state index contributed by atoms with van der Waals surface area (Å²) in [5.74, 6) is 0. The molecule has 0 amide bonds. The number of aliphatic hydroxyl groups excluding tert-OH is 4. The maximum absolute atomic E-state index is 9.71. The average molecular weight is 253 g/mol. The van der Waals surface area contributed by atoms with Crippen LogP contribution in [0.4, 0.5) is 0 Å². The van der Waals surface area contributed by atoms with Crippen molar-refractivity contribution in [3.63, 3.8) is 0 Å². The molecule has 16 heavy (non-hydrogen) atoms. The van der Waals surface area contributed by atoms with Crippen molar-refractivity contribution in [2.45, 2.75) is 48.9 Å². The SMILES string of the molecule is CSC1OC(C(N)C(C)O)C(O)C(O)C1O. The fourth-order valence-corrected chi connectivity index (χ4v) is 2.34. The molecule has 0 spiro atoms. The largest absolute Gasteiger partial charge is 0.392 e. The van der Waals surface area contributed by atoms with Crippen LogP contribution in [0.2, 0.25) is 0 Å². The molecule has 96 valence electrons. The molecule has 0 aromatic heterocycles. The lowest BCUT2D eigenvalue weighted by Gasteiger charge is -2.42. The van der Waals surface area contributed by atoms with E-state index in [1.54, 1.807) is 6.26 Å². The lowest BCUT2D eigenvalue weighted by Crippen LogP contribution is -2.63. The van der Waals surface area contributed by atoms with E-state index in [2.05, 4.69) is 0 Å². The second kappa shape index (κ2) is 5.63. The summed E-state index contributed by atoms with van der Waals surface area (Å²) in [6.07, 6.45) is -3.84. The summed E-state index contributed by atoms with van der Waals surface area (Å²) in [6.45, 7) is 1.48. The van der Waals surface area contributed by atoms with E-state index in [0.29, 0.717) is 0 Å². The number of aliphatic hydroxyl groups is 4. The molecule has 7 heteroatoms. The van der Waals surface area contributed by atoms with Gasteiger partial charge in [0.25, 0.3) is 0 Å². The van der Waals surface area contributed by atoms with Gasteiger partial charge >= 0.3 is 0 Å². The molecule has 0 aromatic rings. The summed E-state index contributed by atoms with van der Waals surface area (Å²) in [7, 11) is 0. The van der Waals surface area contributed by atoms with Crippen LogP contribution in [0.5, 0.6) is 0 Å². The normalized spacial score (nSPS) is 44.1. The van der Waals surface area contributed by atoms with Crippen molar-refractivity contribution in [3.8, 4) is 0 Å². The van der Waals surface area contributed by atoms with Gasteiger partial charge in [-0.3, -0.25) is 0 Å². The zero-order valence-corrected chi connectivity index (χ0v) is 10.0. The lowest BCUT2D eigenvalue weighted by molar-refractivity contribution is -0.207. The lowest BCUT2D eigenvalue weighted by atomic mass is 9.93. The zero-order valence-electron chi connectivity index (χ0n) is 9.22. The highest BCUT2D eigenvalue weighted by Gasteiger charge is 2.46. The van der Waals surface area contributed by atoms with Gasteiger partial charge in [0, 0.05) is 0 Å². The summed E-state index contributed by atoms with van der Waals surface area (Å²) in [5, 5.41) is 38.2. The third-order valence-corrected chi connectivity index (χ3v) is 3.63. The Labute approximate surface area is 98.4 Å². The van der Waals surface area contributed by atoms with Crippen molar-refractivity contribution in [1.82, 2.24) is 0 Å². The number of ether oxygens (including phenoxy) is 1. The smallest absolute Gasteiger partial charge is 0.132 e. The molecule has 1 rings (SSSR count). The van der Waals surface area contributed by atoms with E-state index in [9.17, 15) is 20.4 Å². The zero-order chi connectivity index (χ0) is 12.5. The third kappa shape index (κ3) is 2.67. The summed E-state index contributed by atoms with van der Waals surface area (Å²) in [6, 6.07) is -0.813. The van der Waals surface area contributed by atoms with Crippen molar-refractivity contribution in [3.05, 3.63) is 0 Å². The number of rotatable bonds is 3. The molecule has 6 nitrogen and oxygen atoms in total. The van der Waals surface area contributed by atoms with Gasteiger partial charge in [-0.15, -0.1) is 11.8 Å². The van der Waals surface area contributed by atoms with E-state index >= 15 is 0 Å². The van der Waals surface area contributed by atoms with E-state index < -0.39 is 42.0 Å². The highest BCUT2D eigenvalue weighted by Crippen LogP contribution is 2.28. The summed E-state index contributed by atoms with van der Waals surface area (Å²) >= 11 is 1.21. The quantitative estimate of drug-likeness (QED) is 0.390. The van der Waals surface area contributed by atoms with Gasteiger partial charge in [0.05, 0.1) is 12.1 Å². The standard InChI is InChI=1S/C9H19NO5S/c1-3(11)4(10)8-6(13)5(12)7(14)9(15-8)16-2/h3-9,11-14H,10H2,1-2H3. The first-order valence-corrected chi connectivity index (χ1v) is 6.35. The molecule has 7 unspecified atom stereocenters. The van der Waals surface area contributed by atoms with Crippen molar-refractivity contribution in [2.75, 3.05) is 6.26 Å². The number of hydrogen-bond acceptors (Lipinski definition) is 7.